The summed E-state index contributed by atoms with van der Waals surface area (Å²) < 4.78 is 44.5. The number of carbonyl (C=O) groups excluding carboxylic acids is 1. The van der Waals surface area contributed by atoms with Crippen LogP contribution >= 0.6 is 0 Å². The van der Waals surface area contributed by atoms with Crippen LogP contribution in [-0.2, 0) is 45.7 Å². The van der Waals surface area contributed by atoms with Crippen molar-refractivity contribution in [2.45, 2.75) is 101 Å². The van der Waals surface area contributed by atoms with Gasteiger partial charge in [-0.3, -0.25) is 9.00 Å². The number of ether oxygens (including phenoxy) is 5. The van der Waals surface area contributed by atoms with E-state index in [1.54, 1.807) is 7.11 Å². The molecule has 36 heavy (non-hydrogen) atoms. The lowest BCUT2D eigenvalue weighted by Gasteiger charge is -2.47. The Hall–Kier alpha value is -1.36. The minimum absolute atomic E-state index is 0.0300. The summed E-state index contributed by atoms with van der Waals surface area (Å²) in [4.78, 5) is 15.3. The molecule has 1 aromatic rings. The Kier molecular flexibility index (Phi) is 7.11. The van der Waals surface area contributed by atoms with Crippen LogP contribution in [0.3, 0.4) is 0 Å². The summed E-state index contributed by atoms with van der Waals surface area (Å²) >= 11 is 0. The Morgan fingerprint density at radius 3 is 2.33 bits per heavy atom. The van der Waals surface area contributed by atoms with E-state index < -0.39 is 46.7 Å². The van der Waals surface area contributed by atoms with E-state index in [9.17, 15) is 9.00 Å². The molecule has 4 fully saturated rings. The van der Waals surface area contributed by atoms with Crippen molar-refractivity contribution in [3.8, 4) is 0 Å². The first-order chi connectivity index (χ1) is 17.1. The molecule has 0 radical (unpaired) electrons. The van der Waals surface area contributed by atoms with Gasteiger partial charge in [-0.15, -0.1) is 0 Å². The number of hydrogen-bond acceptors (Lipinski definition) is 7. The molecule has 4 saturated heterocycles. The van der Waals surface area contributed by atoms with Crippen LogP contribution in [-0.4, -0.2) is 87.8 Å². The predicted molar refractivity (Wildman–Crippen MR) is 135 cm³/mol. The van der Waals surface area contributed by atoms with Crippen LogP contribution in [0.1, 0.15) is 46.6 Å². The van der Waals surface area contributed by atoms with Crippen molar-refractivity contribution < 1.29 is 32.7 Å². The third kappa shape index (κ3) is 4.56. The van der Waals surface area contributed by atoms with E-state index in [2.05, 4.69) is 12.1 Å². The van der Waals surface area contributed by atoms with E-state index in [0.29, 0.717) is 18.8 Å². The third-order valence-corrected chi connectivity index (χ3v) is 9.87. The summed E-state index contributed by atoms with van der Waals surface area (Å²) in [5.41, 5.74) is 1.16. The van der Waals surface area contributed by atoms with Crippen LogP contribution in [0.25, 0.3) is 0 Å². The Balaban J connectivity index is 1.54. The van der Waals surface area contributed by atoms with Crippen molar-refractivity contribution in [3.63, 3.8) is 0 Å². The molecule has 1 aromatic carbocycles. The highest BCUT2D eigenvalue weighted by molar-refractivity contribution is 7.85. The maximum Gasteiger partial charge on any atom is 0.254 e. The Labute approximate surface area is 216 Å². The number of amides is 1. The van der Waals surface area contributed by atoms with E-state index in [0.717, 1.165) is 12.0 Å². The largest absolute Gasteiger partial charge is 0.369 e. The lowest BCUT2D eigenvalue weighted by Crippen LogP contribution is -2.68. The highest BCUT2D eigenvalue weighted by Crippen LogP contribution is 2.50. The van der Waals surface area contributed by atoms with Crippen LogP contribution in [0, 0.1) is 5.92 Å². The van der Waals surface area contributed by atoms with Crippen molar-refractivity contribution in [2.75, 3.05) is 19.5 Å². The molecule has 0 saturated carbocycles. The van der Waals surface area contributed by atoms with E-state index in [4.69, 9.17) is 23.7 Å². The number of hydrogen-bond donors (Lipinski definition) is 0. The van der Waals surface area contributed by atoms with Gasteiger partial charge in [-0.2, -0.15) is 0 Å². The highest BCUT2D eigenvalue weighted by Gasteiger charge is 2.68. The topological polar surface area (TPSA) is 83.5 Å². The van der Waals surface area contributed by atoms with Crippen LogP contribution in [0.2, 0.25) is 0 Å². The molecule has 0 aliphatic carbocycles. The second kappa shape index (κ2) is 9.75. The molecule has 4 aliphatic rings. The lowest BCUT2D eigenvalue weighted by atomic mass is 9.84. The van der Waals surface area contributed by atoms with Gasteiger partial charge in [-0.1, -0.05) is 37.3 Å². The van der Waals surface area contributed by atoms with E-state index in [1.165, 1.54) is 0 Å². The average molecular weight is 522 g/mol. The normalized spacial score (nSPS) is 39.7. The zero-order valence-electron chi connectivity index (χ0n) is 22.0. The molecular formula is C27H39NO7S. The van der Waals surface area contributed by atoms with Gasteiger partial charge in [0.15, 0.2) is 17.7 Å². The SMILES string of the molecule is CCCS(=O)[C@H]1[C@H](Cc2ccccc2)[C@H]2[C@@H](OC)C(=O)N2[C@@H]1[C@H]1OC(C)(C)O[C@@H]1[C@H]1COC(C)(C)O1. The van der Waals surface area contributed by atoms with Crippen molar-refractivity contribution >= 4 is 16.7 Å². The van der Waals surface area contributed by atoms with Crippen LogP contribution in [0.15, 0.2) is 30.3 Å². The van der Waals surface area contributed by atoms with Crippen molar-refractivity contribution in [1.29, 1.82) is 0 Å². The second-order valence-corrected chi connectivity index (χ2v) is 12.9. The summed E-state index contributed by atoms with van der Waals surface area (Å²) in [6.07, 6.45) is -0.345. The molecule has 9 atom stereocenters. The standard InChI is InChI=1S/C27H39NO7S/c1-7-13-36(30)24-17(14-16-11-9-8-10-12-16)19-23(31-6)25(29)28(19)20(24)22-21(34-27(4,5)35-22)18-15-32-26(2,3)33-18/h8-12,17-24H,7,13-15H2,1-6H3/t17-,18-,19+,20-,21-,22-,23-,24+,36?/m1/s1. The fourth-order valence-electron chi connectivity index (χ4n) is 6.53. The minimum atomic E-state index is -1.17. The third-order valence-electron chi connectivity index (χ3n) is 7.82. The molecule has 4 heterocycles. The van der Waals surface area contributed by atoms with Gasteiger partial charge in [-0.25, -0.2) is 0 Å². The fraction of sp³-hybridized carbons (Fsp3) is 0.741. The van der Waals surface area contributed by atoms with Gasteiger partial charge in [0, 0.05) is 29.6 Å². The molecule has 0 N–H and O–H groups in total. The maximum absolute atomic E-state index is 13.9. The number of nitrogens with zero attached hydrogens (tertiary/aromatic N) is 1. The van der Waals surface area contributed by atoms with Gasteiger partial charge in [0.1, 0.15) is 18.3 Å². The first-order valence-corrected chi connectivity index (χ1v) is 14.4. The molecule has 1 amide bonds. The Bertz CT molecular complexity index is 986. The molecule has 5 rings (SSSR count). The minimum Gasteiger partial charge on any atom is -0.369 e. The van der Waals surface area contributed by atoms with Crippen LogP contribution in [0.5, 0.6) is 0 Å². The van der Waals surface area contributed by atoms with Gasteiger partial charge in [0.2, 0.25) is 0 Å². The second-order valence-electron chi connectivity index (χ2n) is 11.2. The summed E-state index contributed by atoms with van der Waals surface area (Å²) in [5.74, 6) is -1.13. The Morgan fingerprint density at radius 1 is 1.03 bits per heavy atom. The first kappa shape index (κ1) is 26.3. The summed E-state index contributed by atoms with van der Waals surface area (Å²) in [7, 11) is 0.409. The number of benzene rings is 1. The molecule has 0 aromatic heterocycles. The molecule has 0 bridgehead atoms. The van der Waals surface area contributed by atoms with Crippen molar-refractivity contribution in [3.05, 3.63) is 35.9 Å². The summed E-state index contributed by atoms with van der Waals surface area (Å²) in [6, 6.07) is 9.63. The zero-order valence-corrected chi connectivity index (χ0v) is 22.9. The van der Waals surface area contributed by atoms with E-state index in [1.807, 2.05) is 57.7 Å². The fourth-order valence-corrected chi connectivity index (χ4v) is 8.45. The van der Waals surface area contributed by atoms with Gasteiger partial charge >= 0.3 is 0 Å². The first-order valence-electron chi connectivity index (χ1n) is 13.0. The summed E-state index contributed by atoms with van der Waals surface area (Å²) in [6.45, 7) is 9.93. The zero-order chi connectivity index (χ0) is 25.8. The highest BCUT2D eigenvalue weighted by atomic mass is 32.2. The van der Waals surface area contributed by atoms with Gasteiger partial charge in [0.25, 0.3) is 5.91 Å². The number of carbonyl (C=O) groups is 1. The number of β-lactam (4-membered cyclic amide) rings is 1. The monoisotopic (exact) mass is 521 g/mol. The van der Waals surface area contributed by atoms with Gasteiger partial charge in [0.05, 0.1) is 23.9 Å². The molecule has 0 spiro atoms. The lowest BCUT2D eigenvalue weighted by molar-refractivity contribution is -0.180. The van der Waals surface area contributed by atoms with Gasteiger partial charge in [-0.05, 0) is 46.1 Å². The van der Waals surface area contributed by atoms with Crippen molar-refractivity contribution in [1.82, 2.24) is 4.90 Å². The molecule has 8 nitrogen and oxygen atoms in total. The molecule has 1 unspecified atom stereocenters. The number of methoxy groups -OCH3 is 1. The molecule has 9 heteroatoms. The smallest absolute Gasteiger partial charge is 0.254 e. The molecular weight excluding hydrogens is 482 g/mol. The Morgan fingerprint density at radius 2 is 1.72 bits per heavy atom. The van der Waals surface area contributed by atoms with Crippen LogP contribution in [0.4, 0.5) is 0 Å². The number of fused-ring (bicyclic) bond motifs is 1. The number of rotatable bonds is 8. The quantitative estimate of drug-likeness (QED) is 0.487. The predicted octanol–water partition coefficient (Wildman–Crippen LogP) is 2.65. The average Bonchev–Trinajstić information content (AvgIpc) is 3.43. The van der Waals surface area contributed by atoms with Crippen molar-refractivity contribution in [2.24, 2.45) is 5.92 Å². The van der Waals surface area contributed by atoms with E-state index >= 15 is 0 Å². The maximum atomic E-state index is 13.9. The molecule has 4 aliphatic heterocycles. The van der Waals surface area contributed by atoms with E-state index in [-0.39, 0.29) is 29.2 Å². The van der Waals surface area contributed by atoms with Gasteiger partial charge < -0.3 is 28.6 Å². The molecule has 200 valence electrons. The van der Waals surface area contributed by atoms with Crippen LogP contribution < -0.4 is 0 Å². The summed E-state index contributed by atoms with van der Waals surface area (Å²) in [5, 5.41) is -0.278.